The molecular weight excluding hydrogens is 210 g/mol. The van der Waals surface area contributed by atoms with E-state index in [1.54, 1.807) is 25.1 Å². The minimum absolute atomic E-state index is 0.227. The molecule has 1 atom stereocenters. The molecule has 1 aliphatic heterocycles. The molecule has 0 saturated heterocycles. The van der Waals surface area contributed by atoms with Gasteiger partial charge in [-0.3, -0.25) is 4.79 Å². The molecule has 0 aliphatic carbocycles. The van der Waals surface area contributed by atoms with Crippen molar-refractivity contribution in [2.45, 2.75) is 13.0 Å². The zero-order valence-electron chi connectivity index (χ0n) is 8.94. The van der Waals surface area contributed by atoms with Gasteiger partial charge in [-0.05, 0) is 19.1 Å². The first-order valence-corrected chi connectivity index (χ1v) is 4.82. The van der Waals surface area contributed by atoms with Crippen molar-refractivity contribution in [3.8, 4) is 5.75 Å². The van der Waals surface area contributed by atoms with Crippen LogP contribution < -0.4 is 10.1 Å². The topological polar surface area (TPSA) is 64.6 Å². The smallest absolute Gasteiger partial charge is 0.341 e. The maximum absolute atomic E-state index is 11.5. The first kappa shape index (κ1) is 10.5. The van der Waals surface area contributed by atoms with E-state index in [0.717, 1.165) is 0 Å². The number of fused-ring (bicyclic) bond motifs is 1. The Balaban J connectivity index is 2.48. The van der Waals surface area contributed by atoms with Gasteiger partial charge in [-0.2, -0.15) is 0 Å². The summed E-state index contributed by atoms with van der Waals surface area (Å²) >= 11 is 0. The fourth-order valence-electron chi connectivity index (χ4n) is 1.50. The van der Waals surface area contributed by atoms with Crippen LogP contribution in [0.4, 0.5) is 5.69 Å². The SMILES string of the molecule is COC(=O)c1cccc2c1OC(C)C(=O)N2. The zero-order valence-corrected chi connectivity index (χ0v) is 8.94. The Morgan fingerprint density at radius 2 is 2.25 bits per heavy atom. The summed E-state index contributed by atoms with van der Waals surface area (Å²) in [5.74, 6) is -0.351. The van der Waals surface area contributed by atoms with E-state index in [0.29, 0.717) is 17.0 Å². The summed E-state index contributed by atoms with van der Waals surface area (Å²) in [4.78, 5) is 22.8. The number of carbonyl (C=O) groups is 2. The van der Waals surface area contributed by atoms with Crippen LogP contribution in [0.5, 0.6) is 5.75 Å². The number of hydrogen-bond donors (Lipinski definition) is 1. The Bertz CT molecular complexity index is 455. The monoisotopic (exact) mass is 221 g/mol. The van der Waals surface area contributed by atoms with Gasteiger partial charge in [0.15, 0.2) is 11.9 Å². The van der Waals surface area contributed by atoms with Gasteiger partial charge in [-0.1, -0.05) is 6.07 Å². The third kappa shape index (κ3) is 1.60. The molecule has 5 nitrogen and oxygen atoms in total. The molecule has 1 N–H and O–H groups in total. The minimum Gasteiger partial charge on any atom is -0.478 e. The number of benzene rings is 1. The standard InChI is InChI=1S/C11H11NO4/c1-6-10(13)12-8-5-3-4-7(9(8)16-6)11(14)15-2/h3-6H,1-2H3,(H,12,13). The van der Waals surface area contributed by atoms with E-state index in [2.05, 4.69) is 10.1 Å². The highest BCUT2D eigenvalue weighted by Crippen LogP contribution is 2.33. The van der Waals surface area contributed by atoms with Crippen LogP contribution in [0.25, 0.3) is 0 Å². The zero-order chi connectivity index (χ0) is 11.7. The van der Waals surface area contributed by atoms with E-state index in [1.165, 1.54) is 7.11 Å². The summed E-state index contributed by atoms with van der Waals surface area (Å²) in [7, 11) is 1.30. The lowest BCUT2D eigenvalue weighted by atomic mass is 10.1. The van der Waals surface area contributed by atoms with Crippen molar-refractivity contribution in [2.75, 3.05) is 12.4 Å². The number of hydrogen-bond acceptors (Lipinski definition) is 4. The summed E-state index contributed by atoms with van der Waals surface area (Å²) in [6.45, 7) is 1.62. The van der Waals surface area contributed by atoms with Gasteiger partial charge in [0.25, 0.3) is 5.91 Å². The first-order valence-electron chi connectivity index (χ1n) is 4.82. The fourth-order valence-corrected chi connectivity index (χ4v) is 1.50. The van der Waals surface area contributed by atoms with E-state index in [-0.39, 0.29) is 5.91 Å². The highest BCUT2D eigenvalue weighted by molar-refractivity contribution is 6.02. The molecule has 0 spiro atoms. The van der Waals surface area contributed by atoms with Gasteiger partial charge >= 0.3 is 5.97 Å². The van der Waals surface area contributed by atoms with Crippen molar-refractivity contribution < 1.29 is 19.1 Å². The second-order valence-electron chi connectivity index (χ2n) is 3.42. The lowest BCUT2D eigenvalue weighted by Gasteiger charge is -2.24. The van der Waals surface area contributed by atoms with Gasteiger partial charge in [0.1, 0.15) is 5.56 Å². The van der Waals surface area contributed by atoms with Crippen molar-refractivity contribution in [3.05, 3.63) is 23.8 Å². The quantitative estimate of drug-likeness (QED) is 0.723. The Hall–Kier alpha value is -2.04. The van der Waals surface area contributed by atoms with E-state index < -0.39 is 12.1 Å². The lowest BCUT2D eigenvalue weighted by Crippen LogP contribution is -2.35. The van der Waals surface area contributed by atoms with E-state index in [9.17, 15) is 9.59 Å². The maximum atomic E-state index is 11.5. The molecule has 0 aromatic heterocycles. The van der Waals surface area contributed by atoms with Crippen molar-refractivity contribution in [3.63, 3.8) is 0 Å². The highest BCUT2D eigenvalue weighted by atomic mass is 16.5. The molecule has 0 saturated carbocycles. The number of rotatable bonds is 1. The van der Waals surface area contributed by atoms with E-state index >= 15 is 0 Å². The Morgan fingerprint density at radius 1 is 1.50 bits per heavy atom. The normalized spacial score (nSPS) is 18.1. The van der Waals surface area contributed by atoms with Crippen LogP contribution in [0.3, 0.4) is 0 Å². The van der Waals surface area contributed by atoms with Crippen LogP contribution in [-0.4, -0.2) is 25.1 Å². The maximum Gasteiger partial charge on any atom is 0.341 e. The van der Waals surface area contributed by atoms with Crippen LogP contribution in [0.1, 0.15) is 17.3 Å². The molecule has 0 bridgehead atoms. The van der Waals surface area contributed by atoms with Gasteiger partial charge in [-0.25, -0.2) is 4.79 Å². The van der Waals surface area contributed by atoms with E-state index in [1.807, 2.05) is 0 Å². The molecule has 2 rings (SSSR count). The number of carbonyl (C=O) groups excluding carboxylic acids is 2. The van der Waals surface area contributed by atoms with Crippen molar-refractivity contribution in [1.29, 1.82) is 0 Å². The highest BCUT2D eigenvalue weighted by Gasteiger charge is 2.27. The van der Waals surface area contributed by atoms with Crippen LogP contribution in [0.15, 0.2) is 18.2 Å². The molecule has 0 radical (unpaired) electrons. The average Bonchev–Trinajstić information content (AvgIpc) is 2.29. The van der Waals surface area contributed by atoms with Crippen LogP contribution >= 0.6 is 0 Å². The fraction of sp³-hybridized carbons (Fsp3) is 0.273. The van der Waals surface area contributed by atoms with Crippen molar-refractivity contribution in [2.24, 2.45) is 0 Å². The summed E-state index contributed by atoms with van der Waals surface area (Å²) < 4.78 is 10.0. The minimum atomic E-state index is -0.613. The first-order chi connectivity index (χ1) is 7.63. The average molecular weight is 221 g/mol. The number of amides is 1. The number of methoxy groups -OCH3 is 1. The lowest BCUT2D eigenvalue weighted by molar-refractivity contribution is -0.122. The number of ether oxygens (including phenoxy) is 2. The Labute approximate surface area is 92.4 Å². The number of para-hydroxylation sites is 1. The van der Waals surface area contributed by atoms with Gasteiger partial charge in [0.05, 0.1) is 12.8 Å². The van der Waals surface area contributed by atoms with Gasteiger partial charge < -0.3 is 14.8 Å². The molecule has 1 unspecified atom stereocenters. The predicted molar refractivity (Wildman–Crippen MR) is 56.5 cm³/mol. The third-order valence-corrected chi connectivity index (χ3v) is 2.34. The van der Waals surface area contributed by atoms with Gasteiger partial charge in [0.2, 0.25) is 0 Å². The molecule has 5 heteroatoms. The second-order valence-corrected chi connectivity index (χ2v) is 3.42. The van der Waals surface area contributed by atoms with Crippen LogP contribution in [0.2, 0.25) is 0 Å². The number of nitrogens with one attached hydrogen (secondary N) is 1. The molecule has 1 heterocycles. The van der Waals surface area contributed by atoms with Crippen LogP contribution in [0, 0.1) is 0 Å². The molecule has 1 aromatic carbocycles. The Morgan fingerprint density at radius 3 is 2.94 bits per heavy atom. The molecular formula is C11H11NO4. The molecule has 1 aromatic rings. The predicted octanol–water partition coefficient (Wildman–Crippen LogP) is 1.19. The van der Waals surface area contributed by atoms with Crippen molar-refractivity contribution in [1.82, 2.24) is 0 Å². The van der Waals surface area contributed by atoms with E-state index in [4.69, 9.17) is 4.74 Å². The Kier molecular flexibility index (Phi) is 2.52. The van der Waals surface area contributed by atoms with Gasteiger partial charge in [-0.15, -0.1) is 0 Å². The van der Waals surface area contributed by atoms with Crippen molar-refractivity contribution >= 4 is 17.6 Å². The summed E-state index contributed by atoms with van der Waals surface area (Å²) in [6, 6.07) is 4.92. The van der Waals surface area contributed by atoms with Gasteiger partial charge in [0, 0.05) is 0 Å². The third-order valence-electron chi connectivity index (χ3n) is 2.34. The summed E-state index contributed by atoms with van der Waals surface area (Å²) in [5.41, 5.74) is 0.804. The molecule has 1 aliphatic rings. The summed E-state index contributed by atoms with van der Waals surface area (Å²) in [5, 5.41) is 2.66. The second kappa shape index (κ2) is 3.84. The molecule has 0 fully saturated rings. The largest absolute Gasteiger partial charge is 0.478 e. The molecule has 84 valence electrons. The number of esters is 1. The number of anilines is 1. The van der Waals surface area contributed by atoms with Crippen LogP contribution in [-0.2, 0) is 9.53 Å². The molecule has 1 amide bonds. The summed E-state index contributed by atoms with van der Waals surface area (Å²) in [6.07, 6.45) is -0.613. The molecule has 16 heavy (non-hydrogen) atoms.